The van der Waals surface area contributed by atoms with Crippen molar-refractivity contribution in [1.82, 2.24) is 9.55 Å². The first-order valence-electron chi connectivity index (χ1n) is 5.61. The molecule has 1 aromatic carbocycles. The van der Waals surface area contributed by atoms with Crippen LogP contribution in [0.1, 0.15) is 0 Å². The highest BCUT2D eigenvalue weighted by atomic mass is 79.9. The number of pyridine rings is 1. The molecule has 0 saturated carbocycles. The van der Waals surface area contributed by atoms with E-state index in [1.54, 1.807) is 6.20 Å². The van der Waals surface area contributed by atoms with Crippen LogP contribution in [0.15, 0.2) is 47.2 Å². The van der Waals surface area contributed by atoms with Crippen molar-refractivity contribution in [3.63, 3.8) is 0 Å². The van der Waals surface area contributed by atoms with E-state index in [2.05, 4.69) is 43.8 Å². The van der Waals surface area contributed by atoms with Crippen LogP contribution in [0.25, 0.3) is 22.2 Å². The average molecular weight is 302 g/mol. The third kappa shape index (κ3) is 1.78. The third-order valence-electron chi connectivity index (χ3n) is 3.01. The van der Waals surface area contributed by atoms with Crippen molar-refractivity contribution in [3.8, 4) is 11.3 Å². The Morgan fingerprint density at radius 2 is 2.06 bits per heavy atom. The second-order valence-corrected chi connectivity index (χ2v) is 5.21. The zero-order chi connectivity index (χ0) is 12.7. The number of hydrogen-bond acceptors (Lipinski definition) is 2. The number of anilines is 1. The molecule has 3 nitrogen and oxygen atoms in total. The number of aromatic nitrogens is 2. The van der Waals surface area contributed by atoms with Crippen LogP contribution in [0.2, 0.25) is 0 Å². The molecule has 0 saturated heterocycles. The number of nitrogens with zero attached hydrogens (tertiary/aromatic N) is 2. The standard InChI is InChI=1S/C14H12BrN3/c1-18-8-12(13-5-3-10(16)7-17-13)11-4-2-9(15)6-14(11)18/h2-8H,16H2,1H3. The highest BCUT2D eigenvalue weighted by molar-refractivity contribution is 9.10. The predicted octanol–water partition coefficient (Wildman–Crippen LogP) is 3.59. The van der Waals surface area contributed by atoms with Gasteiger partial charge in [-0.25, -0.2) is 0 Å². The van der Waals surface area contributed by atoms with Gasteiger partial charge in [-0.05, 0) is 24.3 Å². The van der Waals surface area contributed by atoms with Gasteiger partial charge in [0.2, 0.25) is 0 Å². The number of aryl methyl sites for hydroxylation is 1. The zero-order valence-corrected chi connectivity index (χ0v) is 11.5. The summed E-state index contributed by atoms with van der Waals surface area (Å²) in [5.74, 6) is 0. The van der Waals surface area contributed by atoms with Crippen LogP contribution in [0, 0.1) is 0 Å². The summed E-state index contributed by atoms with van der Waals surface area (Å²) in [7, 11) is 2.04. The monoisotopic (exact) mass is 301 g/mol. The molecule has 3 rings (SSSR count). The molecule has 0 aliphatic rings. The second-order valence-electron chi connectivity index (χ2n) is 4.29. The van der Waals surface area contributed by atoms with Crippen molar-refractivity contribution in [1.29, 1.82) is 0 Å². The maximum Gasteiger partial charge on any atom is 0.0725 e. The van der Waals surface area contributed by atoms with Crippen LogP contribution in [0.3, 0.4) is 0 Å². The van der Waals surface area contributed by atoms with Gasteiger partial charge in [-0.15, -0.1) is 0 Å². The Bertz CT molecular complexity index is 714. The Hall–Kier alpha value is -1.81. The van der Waals surface area contributed by atoms with E-state index < -0.39 is 0 Å². The Balaban J connectivity index is 2.26. The first-order valence-corrected chi connectivity index (χ1v) is 6.41. The first kappa shape index (κ1) is 11.3. The van der Waals surface area contributed by atoms with E-state index in [0.717, 1.165) is 15.7 Å². The minimum atomic E-state index is 0.682. The Kier molecular flexibility index (Phi) is 2.59. The fourth-order valence-electron chi connectivity index (χ4n) is 2.13. The van der Waals surface area contributed by atoms with Crippen LogP contribution >= 0.6 is 15.9 Å². The topological polar surface area (TPSA) is 43.8 Å². The Labute approximate surface area is 113 Å². The maximum absolute atomic E-state index is 5.67. The minimum Gasteiger partial charge on any atom is -0.397 e. The summed E-state index contributed by atoms with van der Waals surface area (Å²) in [6, 6.07) is 10.1. The van der Waals surface area contributed by atoms with Gasteiger partial charge in [0.05, 0.1) is 17.6 Å². The number of rotatable bonds is 1. The molecule has 90 valence electrons. The number of nitrogen functional groups attached to an aromatic ring is 1. The molecule has 2 N–H and O–H groups in total. The smallest absolute Gasteiger partial charge is 0.0725 e. The van der Waals surface area contributed by atoms with Crippen molar-refractivity contribution in [2.24, 2.45) is 7.05 Å². The second kappa shape index (κ2) is 4.14. The highest BCUT2D eigenvalue weighted by Crippen LogP contribution is 2.30. The van der Waals surface area contributed by atoms with Crippen molar-refractivity contribution in [2.45, 2.75) is 0 Å². The molecule has 2 aromatic heterocycles. The largest absolute Gasteiger partial charge is 0.397 e. The van der Waals surface area contributed by atoms with E-state index in [0.29, 0.717) is 5.69 Å². The molecule has 18 heavy (non-hydrogen) atoms. The Morgan fingerprint density at radius 3 is 2.78 bits per heavy atom. The van der Waals surface area contributed by atoms with Gasteiger partial charge >= 0.3 is 0 Å². The van der Waals surface area contributed by atoms with Crippen molar-refractivity contribution < 1.29 is 0 Å². The van der Waals surface area contributed by atoms with E-state index in [4.69, 9.17) is 5.73 Å². The highest BCUT2D eigenvalue weighted by Gasteiger charge is 2.09. The van der Waals surface area contributed by atoms with Gasteiger partial charge in [-0.2, -0.15) is 0 Å². The van der Waals surface area contributed by atoms with Gasteiger partial charge in [0, 0.05) is 34.2 Å². The first-order chi connectivity index (χ1) is 8.65. The molecule has 0 bridgehead atoms. The number of halogens is 1. The van der Waals surface area contributed by atoms with Gasteiger partial charge in [0.1, 0.15) is 0 Å². The number of hydrogen-bond donors (Lipinski definition) is 1. The van der Waals surface area contributed by atoms with Crippen LogP contribution in [-0.4, -0.2) is 9.55 Å². The van der Waals surface area contributed by atoms with Gasteiger partial charge in [-0.3, -0.25) is 4.98 Å². The van der Waals surface area contributed by atoms with Crippen LogP contribution in [-0.2, 0) is 7.05 Å². The molecule has 0 fully saturated rings. The molecule has 2 heterocycles. The zero-order valence-electron chi connectivity index (χ0n) is 9.89. The number of nitrogens with two attached hydrogens (primary N) is 1. The summed E-state index contributed by atoms with van der Waals surface area (Å²) in [6.07, 6.45) is 3.78. The Morgan fingerprint density at radius 1 is 1.22 bits per heavy atom. The lowest BCUT2D eigenvalue weighted by Crippen LogP contribution is -1.87. The molecule has 0 amide bonds. The number of benzene rings is 1. The normalized spacial score (nSPS) is 11.0. The fourth-order valence-corrected chi connectivity index (χ4v) is 2.47. The molecular weight excluding hydrogens is 290 g/mol. The predicted molar refractivity (Wildman–Crippen MR) is 78.3 cm³/mol. The molecule has 0 aliphatic carbocycles. The number of fused-ring (bicyclic) bond motifs is 1. The summed E-state index contributed by atoms with van der Waals surface area (Å²) in [4.78, 5) is 4.38. The molecule has 3 aromatic rings. The summed E-state index contributed by atoms with van der Waals surface area (Å²) in [5, 5.41) is 1.19. The van der Waals surface area contributed by atoms with Crippen molar-refractivity contribution in [2.75, 3.05) is 5.73 Å². The van der Waals surface area contributed by atoms with Gasteiger partial charge in [0.25, 0.3) is 0 Å². The van der Waals surface area contributed by atoms with Crippen LogP contribution in [0.5, 0.6) is 0 Å². The van der Waals surface area contributed by atoms with E-state index in [1.807, 2.05) is 25.2 Å². The lowest BCUT2D eigenvalue weighted by atomic mass is 10.1. The minimum absolute atomic E-state index is 0.682. The lowest BCUT2D eigenvalue weighted by molar-refractivity contribution is 0.969. The van der Waals surface area contributed by atoms with Gasteiger partial charge < -0.3 is 10.3 Å². The summed E-state index contributed by atoms with van der Waals surface area (Å²) >= 11 is 3.50. The van der Waals surface area contributed by atoms with Crippen LogP contribution in [0.4, 0.5) is 5.69 Å². The molecular formula is C14H12BrN3. The molecule has 0 aliphatic heterocycles. The van der Waals surface area contributed by atoms with E-state index in [9.17, 15) is 0 Å². The fraction of sp³-hybridized carbons (Fsp3) is 0.0714. The summed E-state index contributed by atoms with van der Waals surface area (Å²) in [6.45, 7) is 0. The lowest BCUT2D eigenvalue weighted by Gasteiger charge is -1.99. The molecule has 4 heteroatoms. The van der Waals surface area contributed by atoms with Gasteiger partial charge in [-0.1, -0.05) is 22.0 Å². The van der Waals surface area contributed by atoms with Gasteiger partial charge in [0.15, 0.2) is 0 Å². The molecule has 0 radical (unpaired) electrons. The van der Waals surface area contributed by atoms with Crippen molar-refractivity contribution >= 4 is 32.5 Å². The maximum atomic E-state index is 5.67. The van der Waals surface area contributed by atoms with Crippen LogP contribution < -0.4 is 5.73 Å². The summed E-state index contributed by atoms with van der Waals surface area (Å²) in [5.41, 5.74) is 9.60. The molecule has 0 spiro atoms. The summed E-state index contributed by atoms with van der Waals surface area (Å²) < 4.78 is 3.18. The third-order valence-corrected chi connectivity index (χ3v) is 3.51. The quantitative estimate of drug-likeness (QED) is 0.746. The van der Waals surface area contributed by atoms with E-state index >= 15 is 0 Å². The van der Waals surface area contributed by atoms with E-state index in [-0.39, 0.29) is 0 Å². The SMILES string of the molecule is Cn1cc(-c2ccc(N)cn2)c2ccc(Br)cc21. The molecule has 0 unspecified atom stereocenters. The average Bonchev–Trinajstić information content (AvgIpc) is 2.68. The molecule has 0 atom stereocenters. The van der Waals surface area contributed by atoms with E-state index in [1.165, 1.54) is 10.9 Å². The van der Waals surface area contributed by atoms with Crippen molar-refractivity contribution in [3.05, 3.63) is 47.2 Å².